The number of benzene rings is 3. The van der Waals surface area contributed by atoms with Gasteiger partial charge in [0.25, 0.3) is 0 Å². The van der Waals surface area contributed by atoms with Gasteiger partial charge in [-0.1, -0.05) is 6.07 Å². The van der Waals surface area contributed by atoms with E-state index in [1.165, 1.54) is 14.2 Å². The van der Waals surface area contributed by atoms with Crippen molar-refractivity contribution in [2.45, 2.75) is 61.9 Å². The summed E-state index contributed by atoms with van der Waals surface area (Å²) in [5.74, 6) is 1.17. The summed E-state index contributed by atoms with van der Waals surface area (Å²) in [4.78, 5) is 13.4. The lowest BCUT2D eigenvalue weighted by atomic mass is 9.89. The third-order valence-electron chi connectivity index (χ3n) is 8.88. The number of cyclic esters (lactones) is 1. The number of hydrogen-bond acceptors (Lipinski definition) is 16. The second kappa shape index (κ2) is 12.8. The van der Waals surface area contributed by atoms with Crippen LogP contribution in [0.3, 0.4) is 0 Å². The van der Waals surface area contributed by atoms with Crippen LogP contribution in [0.25, 0.3) is 21.9 Å². The molecular formula is C32H34O16. The van der Waals surface area contributed by atoms with Crippen LogP contribution in [0.15, 0.2) is 30.3 Å². The van der Waals surface area contributed by atoms with Gasteiger partial charge in [0.05, 0.1) is 33.0 Å². The molecule has 0 saturated carbocycles. The van der Waals surface area contributed by atoms with Crippen molar-refractivity contribution in [1.82, 2.24) is 0 Å². The van der Waals surface area contributed by atoms with Gasteiger partial charge >= 0.3 is 5.97 Å². The van der Waals surface area contributed by atoms with Crippen molar-refractivity contribution in [2.75, 3.05) is 34.2 Å². The van der Waals surface area contributed by atoms with Crippen LogP contribution >= 0.6 is 0 Å². The highest BCUT2D eigenvalue weighted by atomic mass is 16.8. The van der Waals surface area contributed by atoms with Gasteiger partial charge in [-0.2, -0.15) is 0 Å². The van der Waals surface area contributed by atoms with Crippen molar-refractivity contribution in [1.29, 1.82) is 0 Å². The molecule has 9 unspecified atom stereocenters. The molecule has 0 aromatic heterocycles. The first kappa shape index (κ1) is 32.6. The summed E-state index contributed by atoms with van der Waals surface area (Å²) in [6.07, 6.45) is -14.4. The molecule has 6 N–H and O–H groups in total. The molecule has 0 aliphatic carbocycles. The minimum Gasteiger partial charge on any atom is -0.493 e. The van der Waals surface area contributed by atoms with Gasteiger partial charge in [-0.05, 0) is 35.2 Å². The number of methoxy groups -OCH3 is 2. The fourth-order valence-electron chi connectivity index (χ4n) is 6.36. The van der Waals surface area contributed by atoms with E-state index in [-0.39, 0.29) is 31.3 Å². The molecule has 3 aromatic carbocycles. The molecule has 2 fully saturated rings. The van der Waals surface area contributed by atoms with E-state index in [1.54, 1.807) is 30.3 Å². The minimum absolute atomic E-state index is 0.0474. The zero-order chi connectivity index (χ0) is 33.9. The Hall–Kier alpha value is -3.97. The van der Waals surface area contributed by atoms with E-state index in [9.17, 15) is 35.4 Å². The number of aliphatic hydroxyl groups excluding tert-OH is 6. The fourth-order valence-corrected chi connectivity index (χ4v) is 6.36. The normalized spacial score (nSPS) is 31.0. The first-order valence-electron chi connectivity index (χ1n) is 15.1. The molecule has 7 rings (SSSR count). The van der Waals surface area contributed by atoms with E-state index in [0.717, 1.165) is 0 Å². The molecule has 0 radical (unpaired) electrons. The highest BCUT2D eigenvalue weighted by Gasteiger charge is 2.49. The molecule has 4 aliphatic rings. The van der Waals surface area contributed by atoms with Crippen LogP contribution in [-0.4, -0.2) is 126 Å². The molecular weight excluding hydrogens is 640 g/mol. The monoisotopic (exact) mass is 674 g/mol. The Balaban J connectivity index is 1.35. The largest absolute Gasteiger partial charge is 0.493 e. The van der Waals surface area contributed by atoms with Gasteiger partial charge in [0, 0.05) is 16.5 Å². The Bertz CT molecular complexity index is 1710. The van der Waals surface area contributed by atoms with E-state index in [2.05, 4.69) is 0 Å². The van der Waals surface area contributed by atoms with Crippen LogP contribution in [-0.2, 0) is 25.6 Å². The van der Waals surface area contributed by atoms with Gasteiger partial charge in [-0.15, -0.1) is 0 Å². The number of fused-ring (bicyclic) bond motifs is 3. The first-order valence-corrected chi connectivity index (χ1v) is 15.1. The van der Waals surface area contributed by atoms with Gasteiger partial charge in [0.2, 0.25) is 13.1 Å². The minimum atomic E-state index is -1.82. The molecule has 9 atom stereocenters. The molecule has 3 aromatic rings. The Morgan fingerprint density at radius 3 is 2.27 bits per heavy atom. The molecule has 258 valence electrons. The van der Waals surface area contributed by atoms with E-state index in [1.807, 2.05) is 0 Å². The van der Waals surface area contributed by atoms with Crippen molar-refractivity contribution < 1.29 is 78.1 Å². The molecule has 16 nitrogen and oxygen atoms in total. The van der Waals surface area contributed by atoms with Gasteiger partial charge < -0.3 is 73.3 Å². The third-order valence-corrected chi connectivity index (χ3v) is 8.88. The number of carbonyl (C=O) groups is 1. The lowest BCUT2D eigenvalue weighted by molar-refractivity contribution is -0.348. The van der Waals surface area contributed by atoms with Crippen molar-refractivity contribution in [3.8, 4) is 39.9 Å². The number of ether oxygens (including phenoxy) is 9. The Kier molecular flexibility index (Phi) is 8.69. The van der Waals surface area contributed by atoms with Crippen molar-refractivity contribution in [3.63, 3.8) is 0 Å². The van der Waals surface area contributed by atoms with Crippen LogP contribution in [0.2, 0.25) is 0 Å². The Morgan fingerprint density at radius 2 is 1.54 bits per heavy atom. The second-order valence-corrected chi connectivity index (χ2v) is 11.6. The lowest BCUT2D eigenvalue weighted by Crippen LogP contribution is -2.63. The van der Waals surface area contributed by atoms with Crippen molar-refractivity contribution in [3.05, 3.63) is 41.5 Å². The standard InChI is InChI=1S/C32H34O16/c1-40-18-6-13-14(7-19(18)41-2)28(15-9-42-30(39)23(15)22(13)12-3-4-17-20(5-12)45-11-44-17)47-32-29(24(35)16(34)10-43-32)48-31-27(38)26(37)25(36)21(8-33)46-31/h3-7,16,21,24-27,29,31-38H,8-11H2,1-2H3. The smallest absolute Gasteiger partial charge is 0.339 e. The quantitative estimate of drug-likeness (QED) is 0.167. The number of hydrogen-bond donors (Lipinski definition) is 6. The molecule has 2 saturated heterocycles. The Morgan fingerprint density at radius 1 is 0.812 bits per heavy atom. The molecule has 16 heteroatoms. The average Bonchev–Trinajstić information content (AvgIpc) is 3.73. The maximum Gasteiger partial charge on any atom is 0.339 e. The summed E-state index contributed by atoms with van der Waals surface area (Å²) in [6, 6.07) is 8.56. The van der Waals surface area contributed by atoms with Crippen LogP contribution in [0, 0.1) is 0 Å². The van der Waals surface area contributed by atoms with Gasteiger partial charge in [-0.25, -0.2) is 4.79 Å². The molecule has 48 heavy (non-hydrogen) atoms. The molecule has 4 heterocycles. The SMILES string of the molecule is COc1cc2c(OC3OCC(O)C(O)C3OC3OC(CO)C(O)C(O)C3O)c3c(c(-c4ccc5c(c4)OCO5)c2cc1OC)C(=O)OC3. The first-order chi connectivity index (χ1) is 23.1. The van der Waals surface area contributed by atoms with E-state index < -0.39 is 67.9 Å². The van der Waals surface area contributed by atoms with Crippen LogP contribution in [0.4, 0.5) is 0 Å². The van der Waals surface area contributed by atoms with Gasteiger partial charge in [0.15, 0.2) is 35.4 Å². The van der Waals surface area contributed by atoms with Crippen molar-refractivity contribution in [2.24, 2.45) is 0 Å². The number of aliphatic hydroxyl groups is 6. The summed E-state index contributed by atoms with van der Waals surface area (Å²) in [5, 5.41) is 63.2. The fraction of sp³-hybridized carbons (Fsp3) is 0.469. The van der Waals surface area contributed by atoms with Crippen LogP contribution in [0.5, 0.6) is 28.7 Å². The molecule has 0 bridgehead atoms. The van der Waals surface area contributed by atoms with E-state index >= 15 is 0 Å². The van der Waals surface area contributed by atoms with E-state index in [4.69, 9.17) is 42.6 Å². The summed E-state index contributed by atoms with van der Waals surface area (Å²) >= 11 is 0. The van der Waals surface area contributed by atoms with Gasteiger partial charge in [0.1, 0.15) is 49.0 Å². The number of rotatable bonds is 8. The highest BCUT2D eigenvalue weighted by molar-refractivity contribution is 6.14. The number of carbonyl (C=O) groups excluding carboxylic acids is 1. The van der Waals surface area contributed by atoms with Crippen LogP contribution in [0.1, 0.15) is 15.9 Å². The summed E-state index contributed by atoms with van der Waals surface area (Å²) in [5.41, 5.74) is 1.62. The Labute approximate surface area is 272 Å². The number of esters is 1. The molecule has 0 spiro atoms. The summed E-state index contributed by atoms with van der Waals surface area (Å²) < 4.78 is 51.3. The van der Waals surface area contributed by atoms with E-state index in [0.29, 0.717) is 50.5 Å². The third kappa shape index (κ3) is 5.35. The highest BCUT2D eigenvalue weighted by Crippen LogP contribution is 2.50. The zero-order valence-corrected chi connectivity index (χ0v) is 25.7. The summed E-state index contributed by atoms with van der Waals surface area (Å²) in [7, 11) is 2.92. The van der Waals surface area contributed by atoms with Gasteiger partial charge in [-0.3, -0.25) is 0 Å². The maximum atomic E-state index is 13.4. The van der Waals surface area contributed by atoms with Crippen LogP contribution < -0.4 is 23.7 Å². The predicted molar refractivity (Wildman–Crippen MR) is 159 cm³/mol. The lowest BCUT2D eigenvalue weighted by Gasteiger charge is -2.44. The summed E-state index contributed by atoms with van der Waals surface area (Å²) in [6.45, 7) is -1.25. The maximum absolute atomic E-state index is 13.4. The topological polar surface area (TPSA) is 222 Å². The molecule has 0 amide bonds. The average molecular weight is 675 g/mol. The predicted octanol–water partition coefficient (Wildman–Crippen LogP) is -0.435. The zero-order valence-electron chi connectivity index (χ0n) is 25.7. The van der Waals surface area contributed by atoms with Crippen molar-refractivity contribution >= 4 is 16.7 Å². The molecule has 4 aliphatic heterocycles. The second-order valence-electron chi connectivity index (χ2n) is 11.6.